The molecule has 0 saturated carbocycles. The highest BCUT2D eigenvalue weighted by atomic mass is 32.2. The molecule has 10 heteroatoms. The fourth-order valence-corrected chi connectivity index (χ4v) is 3.26. The number of nitrogens with one attached hydrogen (secondary N) is 1. The Hall–Kier alpha value is -2.88. The van der Waals surface area contributed by atoms with Crippen LogP contribution >= 0.6 is 0 Å². The second-order valence-corrected chi connectivity index (χ2v) is 6.76. The van der Waals surface area contributed by atoms with Crippen molar-refractivity contribution >= 4 is 33.5 Å². The minimum atomic E-state index is -4.11. The van der Waals surface area contributed by atoms with Crippen LogP contribution in [0, 0.1) is 0 Å². The van der Waals surface area contributed by atoms with Crippen molar-refractivity contribution in [1.82, 2.24) is 4.31 Å². The molecule has 140 valence electrons. The Bertz CT molecular complexity index is 876. The van der Waals surface area contributed by atoms with Gasteiger partial charge < -0.3 is 14.8 Å². The maximum Gasteiger partial charge on any atom is 0.344 e. The fourth-order valence-electron chi connectivity index (χ4n) is 2.19. The molecule has 0 spiro atoms. The van der Waals surface area contributed by atoms with Gasteiger partial charge >= 0.3 is 16.2 Å². The van der Waals surface area contributed by atoms with Gasteiger partial charge in [0.25, 0.3) is 0 Å². The Morgan fingerprint density at radius 3 is 2.62 bits per heavy atom. The molecule has 0 radical (unpaired) electrons. The van der Waals surface area contributed by atoms with Crippen molar-refractivity contribution in [1.29, 1.82) is 0 Å². The Morgan fingerprint density at radius 2 is 1.96 bits per heavy atom. The zero-order valence-corrected chi connectivity index (χ0v) is 15.4. The second kappa shape index (κ2) is 8.00. The zero-order valence-electron chi connectivity index (χ0n) is 14.6. The summed E-state index contributed by atoms with van der Waals surface area (Å²) in [5.74, 6) is -0.898. The Morgan fingerprint density at radius 1 is 1.27 bits per heavy atom. The number of anilines is 1. The van der Waals surface area contributed by atoms with E-state index in [0.29, 0.717) is 15.7 Å². The van der Waals surface area contributed by atoms with Gasteiger partial charge in [-0.2, -0.15) is 8.42 Å². The van der Waals surface area contributed by atoms with Gasteiger partial charge in [-0.15, -0.1) is 4.40 Å². The van der Waals surface area contributed by atoms with E-state index in [9.17, 15) is 18.0 Å². The largest absolute Gasteiger partial charge is 0.495 e. The molecular formula is C16H19N3O6S. The van der Waals surface area contributed by atoms with Crippen LogP contribution in [0.15, 0.2) is 40.4 Å². The lowest BCUT2D eigenvalue weighted by molar-refractivity contribution is -0.138. The monoisotopic (exact) mass is 381 g/mol. The molecule has 2 rings (SSSR count). The Balaban J connectivity index is 2.20. The third kappa shape index (κ3) is 4.39. The number of amides is 1. The number of carbonyl (C=O) groups is 2. The van der Waals surface area contributed by atoms with Crippen LogP contribution in [0.3, 0.4) is 0 Å². The maximum absolute atomic E-state index is 12.3. The standard InChI is InChI=1S/C16H19N3O6S/c1-4-25-16(21)12-9-19(26(22,23)18-11(12)2)10-15(20)17-13-7-5-6-8-14(13)24-3/h5-9H,4,10H2,1-3H3,(H,17,20). The molecule has 1 aromatic rings. The van der Waals surface area contributed by atoms with Gasteiger partial charge in [0.1, 0.15) is 12.3 Å². The predicted octanol–water partition coefficient (Wildman–Crippen LogP) is 1.10. The molecule has 0 unspecified atom stereocenters. The van der Waals surface area contributed by atoms with Crippen LogP contribution in [-0.2, 0) is 24.5 Å². The van der Waals surface area contributed by atoms with E-state index < -0.39 is 28.6 Å². The molecular weight excluding hydrogens is 362 g/mol. The zero-order chi connectivity index (χ0) is 19.3. The summed E-state index contributed by atoms with van der Waals surface area (Å²) in [6.45, 7) is 2.58. The van der Waals surface area contributed by atoms with Crippen molar-refractivity contribution in [3.8, 4) is 5.75 Å². The van der Waals surface area contributed by atoms with E-state index in [0.717, 1.165) is 6.20 Å². The molecule has 0 atom stereocenters. The lowest BCUT2D eigenvalue weighted by Gasteiger charge is -2.23. The molecule has 0 fully saturated rings. The summed E-state index contributed by atoms with van der Waals surface area (Å²) in [4.78, 5) is 24.2. The topological polar surface area (TPSA) is 114 Å². The van der Waals surface area contributed by atoms with Crippen LogP contribution in [-0.4, -0.2) is 50.6 Å². The minimum absolute atomic E-state index is 0.00448. The number of hydrogen-bond donors (Lipinski definition) is 1. The van der Waals surface area contributed by atoms with Gasteiger partial charge in [-0.3, -0.25) is 4.79 Å². The first-order valence-electron chi connectivity index (χ1n) is 7.69. The average molecular weight is 381 g/mol. The predicted molar refractivity (Wildman–Crippen MR) is 95.1 cm³/mol. The first-order chi connectivity index (χ1) is 12.3. The molecule has 0 bridgehead atoms. The highest BCUT2D eigenvalue weighted by Crippen LogP contribution is 2.23. The molecule has 0 saturated heterocycles. The van der Waals surface area contributed by atoms with Gasteiger partial charge in [0.05, 0.1) is 30.7 Å². The van der Waals surface area contributed by atoms with Crippen molar-refractivity contribution in [3.05, 3.63) is 36.0 Å². The molecule has 0 aromatic heterocycles. The van der Waals surface area contributed by atoms with Gasteiger partial charge in [0.2, 0.25) is 5.91 Å². The quantitative estimate of drug-likeness (QED) is 0.738. The lowest BCUT2D eigenvalue weighted by Crippen LogP contribution is -2.37. The lowest BCUT2D eigenvalue weighted by atomic mass is 10.2. The number of nitrogens with zero attached hydrogens (tertiary/aromatic N) is 2. The molecule has 0 aliphatic carbocycles. The summed E-state index contributed by atoms with van der Waals surface area (Å²) in [5, 5.41) is 2.56. The van der Waals surface area contributed by atoms with E-state index in [1.54, 1.807) is 31.2 Å². The summed E-state index contributed by atoms with van der Waals surface area (Å²) in [6, 6.07) is 6.70. The Kier molecular flexibility index (Phi) is 5.98. The number of rotatable bonds is 6. The summed E-state index contributed by atoms with van der Waals surface area (Å²) in [5.41, 5.74) is 0.375. The van der Waals surface area contributed by atoms with Crippen LogP contribution in [0.1, 0.15) is 13.8 Å². The normalized spacial score (nSPS) is 15.6. The number of para-hydroxylation sites is 2. The molecule has 1 amide bonds. The van der Waals surface area contributed by atoms with E-state index in [2.05, 4.69) is 9.71 Å². The summed E-state index contributed by atoms with van der Waals surface area (Å²) >= 11 is 0. The molecule has 1 aliphatic heterocycles. The Labute approximate surface area is 151 Å². The van der Waals surface area contributed by atoms with Gasteiger partial charge in [-0.25, -0.2) is 9.10 Å². The molecule has 1 aromatic carbocycles. The second-order valence-electron chi connectivity index (χ2n) is 5.21. The highest BCUT2D eigenvalue weighted by Gasteiger charge is 2.30. The maximum atomic E-state index is 12.3. The van der Waals surface area contributed by atoms with Gasteiger partial charge in [-0.1, -0.05) is 12.1 Å². The molecule has 26 heavy (non-hydrogen) atoms. The van der Waals surface area contributed by atoms with Crippen LogP contribution < -0.4 is 10.1 Å². The number of benzene rings is 1. The van der Waals surface area contributed by atoms with Crippen LogP contribution in [0.2, 0.25) is 0 Å². The third-order valence-corrected chi connectivity index (χ3v) is 4.72. The number of ether oxygens (including phenoxy) is 2. The molecule has 1 heterocycles. The first-order valence-corrected chi connectivity index (χ1v) is 9.08. The summed E-state index contributed by atoms with van der Waals surface area (Å²) in [7, 11) is -2.66. The van der Waals surface area contributed by atoms with E-state index in [-0.39, 0.29) is 17.9 Å². The minimum Gasteiger partial charge on any atom is -0.495 e. The number of carbonyl (C=O) groups excluding carboxylic acids is 2. The van der Waals surface area contributed by atoms with Gasteiger partial charge in [0, 0.05) is 6.20 Å². The van der Waals surface area contributed by atoms with Crippen molar-refractivity contribution in [2.24, 2.45) is 4.40 Å². The van der Waals surface area contributed by atoms with E-state index in [1.165, 1.54) is 14.0 Å². The smallest absolute Gasteiger partial charge is 0.344 e. The van der Waals surface area contributed by atoms with E-state index in [1.807, 2.05) is 0 Å². The van der Waals surface area contributed by atoms with Crippen LogP contribution in [0.4, 0.5) is 5.69 Å². The van der Waals surface area contributed by atoms with Gasteiger partial charge in [0.15, 0.2) is 0 Å². The number of hydrogen-bond acceptors (Lipinski definition) is 6. The number of methoxy groups -OCH3 is 1. The summed E-state index contributed by atoms with van der Waals surface area (Å²) in [6.07, 6.45) is 1.05. The SMILES string of the molecule is CCOC(=O)C1=CN(CC(=O)Nc2ccccc2OC)S(=O)(=O)N=C1C. The first kappa shape index (κ1) is 19.4. The third-order valence-electron chi connectivity index (χ3n) is 3.39. The van der Waals surface area contributed by atoms with Crippen molar-refractivity contribution in [3.63, 3.8) is 0 Å². The molecule has 9 nitrogen and oxygen atoms in total. The highest BCUT2D eigenvalue weighted by molar-refractivity contribution is 7.88. The average Bonchev–Trinajstić information content (AvgIpc) is 2.57. The van der Waals surface area contributed by atoms with Crippen LogP contribution in [0.5, 0.6) is 5.75 Å². The molecule has 1 N–H and O–H groups in total. The summed E-state index contributed by atoms with van der Waals surface area (Å²) < 4.78 is 38.5. The fraction of sp³-hybridized carbons (Fsp3) is 0.312. The van der Waals surface area contributed by atoms with Crippen molar-refractivity contribution in [2.45, 2.75) is 13.8 Å². The van der Waals surface area contributed by atoms with Crippen molar-refractivity contribution in [2.75, 3.05) is 25.6 Å². The van der Waals surface area contributed by atoms with E-state index >= 15 is 0 Å². The number of esters is 1. The van der Waals surface area contributed by atoms with Crippen LogP contribution in [0.25, 0.3) is 0 Å². The van der Waals surface area contributed by atoms with Gasteiger partial charge in [-0.05, 0) is 26.0 Å². The van der Waals surface area contributed by atoms with E-state index in [4.69, 9.17) is 9.47 Å². The molecule has 1 aliphatic rings. The van der Waals surface area contributed by atoms with Crippen molar-refractivity contribution < 1.29 is 27.5 Å².